The molecule has 0 aromatic rings. The van der Waals surface area contributed by atoms with E-state index in [4.69, 9.17) is 10.5 Å². The summed E-state index contributed by atoms with van der Waals surface area (Å²) in [5.41, 5.74) is 5.90. The first-order chi connectivity index (χ1) is 5.65. The van der Waals surface area contributed by atoms with E-state index < -0.39 is 0 Å². The highest BCUT2D eigenvalue weighted by molar-refractivity contribution is 4.84. The first-order valence-electron chi connectivity index (χ1n) is 4.67. The van der Waals surface area contributed by atoms with Gasteiger partial charge in [0, 0.05) is 32.3 Å². The minimum atomic E-state index is 0.223. The lowest BCUT2D eigenvalue weighted by Crippen LogP contribution is -2.53. The molecule has 0 aromatic carbocycles. The Balaban J connectivity index is 2.44. The zero-order valence-corrected chi connectivity index (χ0v) is 8.29. The van der Waals surface area contributed by atoms with Gasteiger partial charge < -0.3 is 10.5 Å². The molecule has 3 heteroatoms. The quantitative estimate of drug-likeness (QED) is 0.657. The lowest BCUT2D eigenvalue weighted by atomic mass is 10.0. The summed E-state index contributed by atoms with van der Waals surface area (Å²) in [5, 5.41) is 0. The summed E-state index contributed by atoms with van der Waals surface area (Å²) >= 11 is 0. The van der Waals surface area contributed by atoms with Gasteiger partial charge in [-0.15, -0.1) is 0 Å². The van der Waals surface area contributed by atoms with E-state index in [0.717, 1.165) is 19.5 Å². The molecule has 2 atom stereocenters. The van der Waals surface area contributed by atoms with E-state index in [1.807, 2.05) is 0 Å². The molecule has 72 valence electrons. The summed E-state index contributed by atoms with van der Waals surface area (Å²) in [4.78, 5) is 2.41. The molecule has 1 aliphatic heterocycles. The van der Waals surface area contributed by atoms with Crippen molar-refractivity contribution in [1.82, 2.24) is 4.90 Å². The van der Waals surface area contributed by atoms with Gasteiger partial charge in [0.15, 0.2) is 0 Å². The maximum Gasteiger partial charge on any atom is 0.0849 e. The van der Waals surface area contributed by atoms with Crippen molar-refractivity contribution in [2.45, 2.75) is 38.5 Å². The largest absolute Gasteiger partial charge is 0.379 e. The van der Waals surface area contributed by atoms with Crippen LogP contribution in [0.2, 0.25) is 0 Å². The summed E-state index contributed by atoms with van der Waals surface area (Å²) in [7, 11) is 1.74. The number of methoxy groups -OCH3 is 1. The molecule has 1 fully saturated rings. The molecule has 0 aromatic heterocycles. The van der Waals surface area contributed by atoms with Crippen molar-refractivity contribution < 1.29 is 4.74 Å². The lowest BCUT2D eigenvalue weighted by molar-refractivity contribution is 0.00644. The van der Waals surface area contributed by atoms with Crippen LogP contribution in [-0.2, 0) is 4.74 Å². The fourth-order valence-corrected chi connectivity index (χ4v) is 1.68. The van der Waals surface area contributed by atoms with Crippen LogP contribution in [0.25, 0.3) is 0 Å². The molecule has 0 radical (unpaired) electrons. The van der Waals surface area contributed by atoms with Crippen molar-refractivity contribution in [3.63, 3.8) is 0 Å². The zero-order valence-electron chi connectivity index (χ0n) is 8.29. The molecule has 0 aliphatic carbocycles. The third kappa shape index (κ3) is 2.19. The average molecular weight is 172 g/mol. The topological polar surface area (TPSA) is 38.5 Å². The first kappa shape index (κ1) is 9.96. The normalized spacial score (nSPS) is 32.8. The number of likely N-dealkylation sites (tertiary alicyclic amines) is 1. The van der Waals surface area contributed by atoms with E-state index in [2.05, 4.69) is 18.7 Å². The molecular formula is C9H20N2O. The highest BCUT2D eigenvalue weighted by atomic mass is 16.5. The summed E-state index contributed by atoms with van der Waals surface area (Å²) in [6, 6.07) is 0.833. The molecule has 0 saturated carbocycles. The monoisotopic (exact) mass is 172 g/mol. The third-order valence-electron chi connectivity index (χ3n) is 2.67. The smallest absolute Gasteiger partial charge is 0.0849 e. The molecule has 1 unspecified atom stereocenters. The van der Waals surface area contributed by atoms with E-state index in [-0.39, 0.29) is 12.1 Å². The van der Waals surface area contributed by atoms with Crippen LogP contribution in [0, 0.1) is 0 Å². The Morgan fingerprint density at radius 3 is 2.67 bits per heavy atom. The molecular weight excluding hydrogens is 152 g/mol. The van der Waals surface area contributed by atoms with Crippen molar-refractivity contribution in [2.24, 2.45) is 5.73 Å². The van der Waals surface area contributed by atoms with Crippen LogP contribution < -0.4 is 5.73 Å². The van der Waals surface area contributed by atoms with Gasteiger partial charge in [-0.25, -0.2) is 0 Å². The standard InChI is InChI=1S/C9H20N2O/c1-7(2)11-5-4-8(10)9(6-11)12-3/h7-9H,4-6,10H2,1-3H3/t8?,9-/m1/s1. The second-order valence-electron chi connectivity index (χ2n) is 3.82. The fraction of sp³-hybridized carbons (Fsp3) is 1.00. The minimum absolute atomic E-state index is 0.223. The summed E-state index contributed by atoms with van der Waals surface area (Å²) < 4.78 is 5.32. The SMILES string of the molecule is CO[C@@H]1CN(C(C)C)CCC1N. The highest BCUT2D eigenvalue weighted by Gasteiger charge is 2.27. The Morgan fingerprint density at radius 1 is 1.50 bits per heavy atom. The first-order valence-corrected chi connectivity index (χ1v) is 4.67. The lowest BCUT2D eigenvalue weighted by Gasteiger charge is -2.38. The minimum Gasteiger partial charge on any atom is -0.379 e. The van der Waals surface area contributed by atoms with Crippen LogP contribution in [0.3, 0.4) is 0 Å². The van der Waals surface area contributed by atoms with Gasteiger partial charge in [-0.1, -0.05) is 0 Å². The average Bonchev–Trinajstić information content (AvgIpc) is 2.05. The molecule has 1 saturated heterocycles. The summed E-state index contributed by atoms with van der Waals surface area (Å²) in [6.07, 6.45) is 1.28. The van der Waals surface area contributed by atoms with E-state index in [1.54, 1.807) is 7.11 Å². The van der Waals surface area contributed by atoms with Crippen LogP contribution in [0.5, 0.6) is 0 Å². The Labute approximate surface area is 74.9 Å². The van der Waals surface area contributed by atoms with Crippen molar-refractivity contribution in [3.8, 4) is 0 Å². The summed E-state index contributed by atoms with van der Waals surface area (Å²) in [5.74, 6) is 0. The Morgan fingerprint density at radius 2 is 2.17 bits per heavy atom. The number of hydrogen-bond acceptors (Lipinski definition) is 3. The van der Waals surface area contributed by atoms with Crippen molar-refractivity contribution in [3.05, 3.63) is 0 Å². The molecule has 12 heavy (non-hydrogen) atoms. The van der Waals surface area contributed by atoms with Gasteiger partial charge in [-0.3, -0.25) is 4.90 Å². The van der Waals surface area contributed by atoms with E-state index in [1.165, 1.54) is 0 Å². The summed E-state index contributed by atoms with van der Waals surface area (Å²) in [6.45, 7) is 6.52. The molecule has 0 spiro atoms. The van der Waals surface area contributed by atoms with E-state index >= 15 is 0 Å². The molecule has 1 heterocycles. The van der Waals surface area contributed by atoms with Gasteiger partial charge in [0.2, 0.25) is 0 Å². The van der Waals surface area contributed by atoms with Crippen LogP contribution >= 0.6 is 0 Å². The van der Waals surface area contributed by atoms with Crippen LogP contribution in [0.1, 0.15) is 20.3 Å². The Kier molecular flexibility index (Phi) is 3.50. The number of nitrogens with zero attached hydrogens (tertiary/aromatic N) is 1. The molecule has 0 bridgehead atoms. The highest BCUT2D eigenvalue weighted by Crippen LogP contribution is 2.13. The Hall–Kier alpha value is -0.120. The number of nitrogens with two attached hydrogens (primary N) is 1. The molecule has 3 nitrogen and oxygen atoms in total. The van der Waals surface area contributed by atoms with Crippen molar-refractivity contribution in [1.29, 1.82) is 0 Å². The zero-order chi connectivity index (χ0) is 9.14. The van der Waals surface area contributed by atoms with Crippen molar-refractivity contribution in [2.75, 3.05) is 20.2 Å². The maximum absolute atomic E-state index is 5.90. The van der Waals surface area contributed by atoms with Gasteiger partial charge in [0.25, 0.3) is 0 Å². The van der Waals surface area contributed by atoms with Gasteiger partial charge in [-0.05, 0) is 20.3 Å². The number of hydrogen-bond donors (Lipinski definition) is 1. The van der Waals surface area contributed by atoms with Crippen molar-refractivity contribution >= 4 is 0 Å². The van der Waals surface area contributed by atoms with Gasteiger partial charge in [0.05, 0.1) is 6.10 Å². The molecule has 2 N–H and O–H groups in total. The number of piperidine rings is 1. The second kappa shape index (κ2) is 4.21. The number of ether oxygens (including phenoxy) is 1. The van der Waals surface area contributed by atoms with Gasteiger partial charge in [0.1, 0.15) is 0 Å². The van der Waals surface area contributed by atoms with E-state index in [9.17, 15) is 0 Å². The Bertz CT molecular complexity index is 138. The second-order valence-corrected chi connectivity index (χ2v) is 3.82. The van der Waals surface area contributed by atoms with Crippen LogP contribution in [0.15, 0.2) is 0 Å². The van der Waals surface area contributed by atoms with E-state index in [0.29, 0.717) is 6.04 Å². The fourth-order valence-electron chi connectivity index (χ4n) is 1.68. The number of rotatable bonds is 2. The van der Waals surface area contributed by atoms with Crippen LogP contribution in [0.4, 0.5) is 0 Å². The third-order valence-corrected chi connectivity index (χ3v) is 2.67. The predicted octanol–water partition coefficient (Wildman–Crippen LogP) is 0.443. The van der Waals surface area contributed by atoms with Gasteiger partial charge in [-0.2, -0.15) is 0 Å². The molecule has 1 rings (SSSR count). The van der Waals surface area contributed by atoms with Crippen LogP contribution in [-0.4, -0.2) is 43.3 Å². The predicted molar refractivity (Wildman–Crippen MR) is 50.1 cm³/mol. The van der Waals surface area contributed by atoms with Gasteiger partial charge >= 0.3 is 0 Å². The molecule has 0 amide bonds. The maximum atomic E-state index is 5.90. The molecule has 1 aliphatic rings.